The van der Waals surface area contributed by atoms with Gasteiger partial charge in [0.05, 0.1) is 12.6 Å². The Labute approximate surface area is 104 Å². The lowest BCUT2D eigenvalue weighted by molar-refractivity contribution is -0.127. The zero-order chi connectivity index (χ0) is 12.7. The van der Waals surface area contributed by atoms with Crippen molar-refractivity contribution in [1.29, 1.82) is 0 Å². The third-order valence-electron chi connectivity index (χ3n) is 3.62. The molecule has 1 atom stereocenters. The quantitative estimate of drug-likeness (QED) is 0.737. The molecule has 1 rings (SSSR count). The van der Waals surface area contributed by atoms with Crippen molar-refractivity contribution in [1.82, 2.24) is 5.32 Å². The van der Waals surface area contributed by atoms with Crippen LogP contribution in [0.25, 0.3) is 0 Å². The van der Waals surface area contributed by atoms with Crippen LogP contribution in [0.4, 0.5) is 0 Å². The van der Waals surface area contributed by atoms with Crippen molar-refractivity contribution >= 4 is 5.91 Å². The van der Waals surface area contributed by atoms with Crippen LogP contribution in [0.3, 0.4) is 0 Å². The maximum absolute atomic E-state index is 12.1. The first-order valence-corrected chi connectivity index (χ1v) is 6.66. The van der Waals surface area contributed by atoms with Crippen LogP contribution in [0.5, 0.6) is 0 Å². The summed E-state index contributed by atoms with van der Waals surface area (Å²) >= 11 is 0. The summed E-state index contributed by atoms with van der Waals surface area (Å²) in [6, 6.07) is 0.0665. The van der Waals surface area contributed by atoms with E-state index in [1.807, 2.05) is 0 Å². The number of nitrogens with two attached hydrogens (primary N) is 1. The lowest BCUT2D eigenvalue weighted by Crippen LogP contribution is -2.43. The summed E-state index contributed by atoms with van der Waals surface area (Å²) in [5.74, 6) is 1.16. The summed E-state index contributed by atoms with van der Waals surface area (Å²) in [6.45, 7) is 3.39. The molecule has 3 N–H and O–H groups in total. The predicted molar refractivity (Wildman–Crippen MR) is 68.6 cm³/mol. The Morgan fingerprint density at radius 2 is 2.06 bits per heavy atom. The predicted octanol–water partition coefficient (Wildman–Crippen LogP) is 1.29. The van der Waals surface area contributed by atoms with E-state index < -0.39 is 0 Å². The summed E-state index contributed by atoms with van der Waals surface area (Å²) in [7, 11) is 1.65. The highest BCUT2D eigenvalue weighted by Crippen LogP contribution is 2.28. The smallest absolute Gasteiger partial charge is 0.223 e. The van der Waals surface area contributed by atoms with E-state index in [0.717, 1.165) is 25.2 Å². The molecule has 0 aromatic carbocycles. The van der Waals surface area contributed by atoms with Gasteiger partial charge < -0.3 is 15.8 Å². The highest BCUT2D eigenvalue weighted by atomic mass is 16.5. The standard InChI is InChI=1S/C13H26N2O2/c1-10-3-5-11(6-4-10)13(16)15-12(7-8-14)9-17-2/h10-12H,3-9,14H2,1-2H3,(H,15,16). The van der Waals surface area contributed by atoms with E-state index in [9.17, 15) is 4.79 Å². The number of methoxy groups -OCH3 is 1. The molecule has 1 aliphatic carbocycles. The van der Waals surface area contributed by atoms with Crippen LogP contribution >= 0.6 is 0 Å². The maximum atomic E-state index is 12.1. The Morgan fingerprint density at radius 1 is 1.41 bits per heavy atom. The van der Waals surface area contributed by atoms with Gasteiger partial charge in [-0.3, -0.25) is 4.79 Å². The molecule has 0 saturated heterocycles. The average Bonchev–Trinajstić information content (AvgIpc) is 2.30. The van der Waals surface area contributed by atoms with Crippen molar-refractivity contribution in [2.24, 2.45) is 17.6 Å². The van der Waals surface area contributed by atoms with Crippen molar-refractivity contribution in [3.05, 3.63) is 0 Å². The summed E-state index contributed by atoms with van der Waals surface area (Å²) in [5.41, 5.74) is 5.53. The van der Waals surface area contributed by atoms with E-state index in [-0.39, 0.29) is 17.9 Å². The SMILES string of the molecule is COCC(CCN)NC(=O)C1CCC(C)CC1. The molecule has 4 nitrogen and oxygen atoms in total. The molecular formula is C13H26N2O2. The first-order chi connectivity index (χ1) is 8.17. The van der Waals surface area contributed by atoms with Gasteiger partial charge >= 0.3 is 0 Å². The van der Waals surface area contributed by atoms with Gasteiger partial charge in [0, 0.05) is 13.0 Å². The number of carbonyl (C=O) groups is 1. The van der Waals surface area contributed by atoms with Crippen LogP contribution in [-0.4, -0.2) is 32.2 Å². The van der Waals surface area contributed by atoms with E-state index in [4.69, 9.17) is 10.5 Å². The first-order valence-electron chi connectivity index (χ1n) is 6.66. The van der Waals surface area contributed by atoms with Gasteiger partial charge in [0.15, 0.2) is 0 Å². The van der Waals surface area contributed by atoms with Crippen molar-refractivity contribution < 1.29 is 9.53 Å². The maximum Gasteiger partial charge on any atom is 0.223 e. The lowest BCUT2D eigenvalue weighted by Gasteiger charge is -2.27. The van der Waals surface area contributed by atoms with Crippen LogP contribution < -0.4 is 11.1 Å². The summed E-state index contributed by atoms with van der Waals surface area (Å²) < 4.78 is 5.09. The number of ether oxygens (including phenoxy) is 1. The number of hydrogen-bond donors (Lipinski definition) is 2. The fourth-order valence-corrected chi connectivity index (χ4v) is 2.44. The fraction of sp³-hybridized carbons (Fsp3) is 0.923. The average molecular weight is 242 g/mol. The molecular weight excluding hydrogens is 216 g/mol. The molecule has 100 valence electrons. The highest BCUT2D eigenvalue weighted by Gasteiger charge is 2.25. The largest absolute Gasteiger partial charge is 0.383 e. The second kappa shape index (κ2) is 7.67. The van der Waals surface area contributed by atoms with Crippen molar-refractivity contribution in [3.8, 4) is 0 Å². The highest BCUT2D eigenvalue weighted by molar-refractivity contribution is 5.79. The Balaban J connectivity index is 2.35. The van der Waals surface area contributed by atoms with Gasteiger partial charge in [-0.05, 0) is 44.6 Å². The van der Waals surface area contributed by atoms with Crippen molar-refractivity contribution in [2.45, 2.75) is 45.1 Å². The van der Waals surface area contributed by atoms with E-state index in [0.29, 0.717) is 13.2 Å². The molecule has 1 saturated carbocycles. The summed E-state index contributed by atoms with van der Waals surface area (Å²) in [5, 5.41) is 3.06. The van der Waals surface area contributed by atoms with Gasteiger partial charge in [0.2, 0.25) is 5.91 Å². The minimum Gasteiger partial charge on any atom is -0.383 e. The van der Waals surface area contributed by atoms with E-state index in [2.05, 4.69) is 12.2 Å². The lowest BCUT2D eigenvalue weighted by atomic mass is 9.82. The molecule has 1 unspecified atom stereocenters. The molecule has 0 aromatic rings. The first kappa shape index (κ1) is 14.5. The van der Waals surface area contributed by atoms with Crippen LogP contribution in [0.1, 0.15) is 39.0 Å². The molecule has 0 heterocycles. The Kier molecular flexibility index (Phi) is 6.52. The molecule has 0 bridgehead atoms. The van der Waals surface area contributed by atoms with Crippen LogP contribution in [-0.2, 0) is 9.53 Å². The van der Waals surface area contributed by atoms with Crippen LogP contribution in [0.15, 0.2) is 0 Å². The Morgan fingerprint density at radius 3 is 2.59 bits per heavy atom. The van der Waals surface area contributed by atoms with Crippen LogP contribution in [0, 0.1) is 11.8 Å². The van der Waals surface area contributed by atoms with Gasteiger partial charge in [0.1, 0.15) is 0 Å². The number of rotatable bonds is 6. The van der Waals surface area contributed by atoms with Gasteiger partial charge in [-0.25, -0.2) is 0 Å². The molecule has 0 radical (unpaired) electrons. The zero-order valence-electron chi connectivity index (χ0n) is 11.1. The van der Waals surface area contributed by atoms with Gasteiger partial charge in [-0.15, -0.1) is 0 Å². The number of amides is 1. The summed E-state index contributed by atoms with van der Waals surface area (Å²) in [4.78, 5) is 12.1. The number of carbonyl (C=O) groups excluding carboxylic acids is 1. The number of hydrogen-bond acceptors (Lipinski definition) is 3. The van der Waals surface area contributed by atoms with Gasteiger partial charge in [0.25, 0.3) is 0 Å². The minimum absolute atomic E-state index is 0.0665. The van der Waals surface area contributed by atoms with Gasteiger partial charge in [-0.2, -0.15) is 0 Å². The van der Waals surface area contributed by atoms with Gasteiger partial charge in [-0.1, -0.05) is 6.92 Å². The molecule has 1 amide bonds. The third kappa shape index (κ3) is 5.04. The topological polar surface area (TPSA) is 64.3 Å². The molecule has 4 heteroatoms. The third-order valence-corrected chi connectivity index (χ3v) is 3.62. The van der Waals surface area contributed by atoms with E-state index >= 15 is 0 Å². The molecule has 1 fully saturated rings. The second-order valence-electron chi connectivity index (χ2n) is 5.19. The van der Waals surface area contributed by atoms with Crippen LogP contribution in [0.2, 0.25) is 0 Å². The van der Waals surface area contributed by atoms with E-state index in [1.54, 1.807) is 7.11 Å². The summed E-state index contributed by atoms with van der Waals surface area (Å²) in [6.07, 6.45) is 5.17. The Bertz CT molecular complexity index is 219. The fourth-order valence-electron chi connectivity index (χ4n) is 2.44. The Hall–Kier alpha value is -0.610. The second-order valence-corrected chi connectivity index (χ2v) is 5.19. The number of nitrogens with one attached hydrogen (secondary N) is 1. The normalized spacial score (nSPS) is 26.5. The molecule has 0 aromatic heterocycles. The van der Waals surface area contributed by atoms with E-state index in [1.165, 1.54) is 12.8 Å². The van der Waals surface area contributed by atoms with Crippen molar-refractivity contribution in [3.63, 3.8) is 0 Å². The molecule has 0 spiro atoms. The zero-order valence-corrected chi connectivity index (χ0v) is 11.1. The monoisotopic (exact) mass is 242 g/mol. The molecule has 0 aliphatic heterocycles. The molecule has 17 heavy (non-hydrogen) atoms. The minimum atomic E-state index is 0.0665. The molecule has 1 aliphatic rings. The van der Waals surface area contributed by atoms with Crippen molar-refractivity contribution in [2.75, 3.05) is 20.3 Å².